The summed E-state index contributed by atoms with van der Waals surface area (Å²) in [6.07, 6.45) is 3.57. The molecule has 2 heterocycles. The van der Waals surface area contributed by atoms with Crippen LogP contribution in [0.5, 0.6) is 0 Å². The van der Waals surface area contributed by atoms with Crippen molar-refractivity contribution in [2.24, 2.45) is 14.1 Å². The van der Waals surface area contributed by atoms with Crippen LogP contribution in [0.15, 0.2) is 72.8 Å². The molecule has 0 N–H and O–H groups in total. The van der Waals surface area contributed by atoms with Crippen molar-refractivity contribution in [1.29, 1.82) is 0 Å². The van der Waals surface area contributed by atoms with Crippen LogP contribution in [0.25, 0.3) is 22.0 Å². The van der Waals surface area contributed by atoms with Crippen molar-refractivity contribution in [3.63, 3.8) is 0 Å². The fourth-order valence-electron chi connectivity index (χ4n) is 6.66. The number of unbranched alkanes of at least 4 members (excludes halogenated alkanes) is 1. The van der Waals surface area contributed by atoms with Crippen LogP contribution in [-0.2, 0) is 35.6 Å². The first-order chi connectivity index (χ1) is 21.8. The molecule has 5 rings (SSSR count). The van der Waals surface area contributed by atoms with E-state index >= 15 is 0 Å². The number of nitrogens with zero attached hydrogens (tertiary/aromatic N) is 3. The minimum atomic E-state index is -2.51. The average molecular weight is 663 g/mol. The standard InChI is InChI=1S/C36H41Cl2N3O3Si/c1-6-7-23-45(26-15-10-8-11-16-26,27-17-12-9-13-18-27)44-22-14-19-28-29-20-21-30(38)33(32-25(2)39-41(4)31(32)24-37)34(29)40(3)35(28)36(42)43-5/h8-13,15-18,20-21H,6-7,14,19,22-24H2,1-5H3. The number of hydrogen-bond acceptors (Lipinski definition) is 4. The molecule has 9 heteroatoms. The van der Waals surface area contributed by atoms with E-state index < -0.39 is 8.32 Å². The fourth-order valence-corrected chi connectivity index (χ4v) is 11.4. The molecule has 0 amide bonds. The van der Waals surface area contributed by atoms with Crippen LogP contribution in [0.3, 0.4) is 0 Å². The van der Waals surface area contributed by atoms with E-state index in [0.29, 0.717) is 23.7 Å². The number of hydrogen-bond donors (Lipinski definition) is 0. The molecular weight excluding hydrogens is 621 g/mol. The van der Waals surface area contributed by atoms with Gasteiger partial charge < -0.3 is 13.7 Å². The summed E-state index contributed by atoms with van der Waals surface area (Å²) in [5.41, 5.74) is 5.72. The molecule has 0 fully saturated rings. The zero-order chi connectivity index (χ0) is 32.1. The lowest BCUT2D eigenvalue weighted by molar-refractivity contribution is 0.0589. The number of rotatable bonds is 13. The van der Waals surface area contributed by atoms with E-state index in [9.17, 15) is 4.79 Å². The third kappa shape index (κ3) is 6.24. The average Bonchev–Trinajstić information content (AvgIpc) is 3.51. The highest BCUT2D eigenvalue weighted by atomic mass is 35.5. The highest BCUT2D eigenvalue weighted by Gasteiger charge is 2.39. The van der Waals surface area contributed by atoms with Crippen molar-refractivity contribution in [1.82, 2.24) is 14.3 Å². The first kappa shape index (κ1) is 33.0. The van der Waals surface area contributed by atoms with Gasteiger partial charge in [-0.05, 0) is 47.8 Å². The number of fused-ring (bicyclic) bond motifs is 1. The van der Waals surface area contributed by atoms with Gasteiger partial charge in [0.05, 0.1) is 34.9 Å². The molecule has 45 heavy (non-hydrogen) atoms. The Hall–Kier alpha value is -3.36. The van der Waals surface area contributed by atoms with Crippen molar-refractivity contribution >= 4 is 58.8 Å². The van der Waals surface area contributed by atoms with E-state index in [1.54, 1.807) is 4.68 Å². The van der Waals surface area contributed by atoms with Crippen LogP contribution in [0.4, 0.5) is 0 Å². The molecule has 5 aromatic rings. The molecule has 236 valence electrons. The normalized spacial score (nSPS) is 11.8. The zero-order valence-corrected chi connectivity index (χ0v) is 29.2. The monoisotopic (exact) mass is 661 g/mol. The molecule has 6 nitrogen and oxygen atoms in total. The molecule has 0 saturated carbocycles. The molecular formula is C36H41Cl2N3O3Si. The van der Waals surface area contributed by atoms with E-state index in [2.05, 4.69) is 72.7 Å². The summed E-state index contributed by atoms with van der Waals surface area (Å²) >= 11 is 13.3. The maximum Gasteiger partial charge on any atom is 0.354 e. The molecule has 0 spiro atoms. The quantitative estimate of drug-likeness (QED) is 0.0565. The Kier molecular flexibility index (Phi) is 10.5. The summed E-state index contributed by atoms with van der Waals surface area (Å²) < 4.78 is 16.1. The Labute approximate surface area is 277 Å². The first-order valence-corrected chi connectivity index (χ1v) is 18.5. The molecule has 0 atom stereocenters. The SMILES string of the molecule is CCCC[Si](OCCCc1c(C(=O)OC)n(C)c2c(-c3c(C)nn(C)c3CCl)c(Cl)ccc12)(c1ccccc1)c1ccccc1. The number of carbonyl (C=O) groups excluding carboxylic acids is 1. The molecule has 0 aliphatic carbocycles. The minimum absolute atomic E-state index is 0.282. The number of methoxy groups -OCH3 is 1. The third-order valence-electron chi connectivity index (χ3n) is 8.79. The van der Waals surface area contributed by atoms with Crippen molar-refractivity contribution in [2.45, 2.75) is 51.5 Å². The van der Waals surface area contributed by atoms with Crippen molar-refractivity contribution in [3.8, 4) is 11.1 Å². The maximum atomic E-state index is 13.3. The number of esters is 1. The lowest BCUT2D eigenvalue weighted by Crippen LogP contribution is -2.60. The van der Waals surface area contributed by atoms with E-state index in [-0.39, 0.29) is 11.8 Å². The Bertz CT molecular complexity index is 1740. The van der Waals surface area contributed by atoms with E-state index in [1.807, 2.05) is 37.7 Å². The lowest BCUT2D eigenvalue weighted by atomic mass is 9.98. The van der Waals surface area contributed by atoms with Gasteiger partial charge >= 0.3 is 5.97 Å². The van der Waals surface area contributed by atoms with Gasteiger partial charge in [-0.1, -0.05) is 98.1 Å². The Morgan fingerprint density at radius 2 is 1.58 bits per heavy atom. The molecule has 0 aliphatic heterocycles. The molecule has 0 bridgehead atoms. The molecule has 0 unspecified atom stereocenters. The number of benzene rings is 3. The Morgan fingerprint density at radius 1 is 0.933 bits per heavy atom. The third-order valence-corrected chi connectivity index (χ3v) is 13.6. The van der Waals surface area contributed by atoms with Gasteiger partial charge in [-0.25, -0.2) is 4.79 Å². The second kappa shape index (κ2) is 14.4. The zero-order valence-electron chi connectivity index (χ0n) is 26.7. The van der Waals surface area contributed by atoms with Gasteiger partial charge in [0.2, 0.25) is 0 Å². The number of alkyl halides is 1. The highest BCUT2D eigenvalue weighted by molar-refractivity contribution is 6.97. The number of aryl methyl sites for hydroxylation is 4. The van der Waals surface area contributed by atoms with Crippen molar-refractivity contribution in [3.05, 3.63) is 100 Å². The smallest absolute Gasteiger partial charge is 0.354 e. The van der Waals surface area contributed by atoms with Crippen molar-refractivity contribution < 1.29 is 14.0 Å². The van der Waals surface area contributed by atoms with Gasteiger partial charge in [-0.3, -0.25) is 4.68 Å². The van der Waals surface area contributed by atoms with E-state index in [0.717, 1.165) is 64.3 Å². The van der Waals surface area contributed by atoms with Crippen molar-refractivity contribution in [2.75, 3.05) is 13.7 Å². The number of halogens is 2. The largest absolute Gasteiger partial charge is 0.464 e. The number of carbonyl (C=O) groups is 1. The van der Waals surface area contributed by atoms with E-state index in [1.165, 1.54) is 17.5 Å². The van der Waals surface area contributed by atoms with E-state index in [4.69, 9.17) is 32.4 Å². The summed E-state index contributed by atoms with van der Waals surface area (Å²) in [5.74, 6) is -0.0999. The molecule has 2 aromatic heterocycles. The summed E-state index contributed by atoms with van der Waals surface area (Å²) in [4.78, 5) is 13.3. The van der Waals surface area contributed by atoms with Crippen LogP contribution in [-0.4, -0.2) is 42.4 Å². The number of aromatic nitrogens is 3. The minimum Gasteiger partial charge on any atom is -0.464 e. The van der Waals surface area contributed by atoms with Crippen LogP contribution in [0.2, 0.25) is 11.1 Å². The predicted molar refractivity (Wildman–Crippen MR) is 188 cm³/mol. The summed E-state index contributed by atoms with van der Waals surface area (Å²) in [7, 11) is 2.69. The summed E-state index contributed by atoms with van der Waals surface area (Å²) in [6.45, 7) is 4.75. The van der Waals surface area contributed by atoms with Crippen LogP contribution < -0.4 is 10.4 Å². The molecule has 0 radical (unpaired) electrons. The van der Waals surface area contributed by atoms with Gasteiger partial charge in [0.15, 0.2) is 0 Å². The molecule has 0 saturated heterocycles. The predicted octanol–water partition coefficient (Wildman–Crippen LogP) is 7.58. The van der Waals surface area contributed by atoms with Gasteiger partial charge in [-0.2, -0.15) is 5.10 Å². The van der Waals surface area contributed by atoms with Gasteiger partial charge in [0.25, 0.3) is 8.32 Å². The molecule has 3 aromatic carbocycles. The summed E-state index contributed by atoms with van der Waals surface area (Å²) in [5, 5.41) is 8.74. The summed E-state index contributed by atoms with van der Waals surface area (Å²) in [6, 6.07) is 26.3. The second-order valence-electron chi connectivity index (χ2n) is 11.5. The fraction of sp³-hybridized carbons (Fsp3) is 0.333. The Balaban J connectivity index is 1.55. The van der Waals surface area contributed by atoms with Crippen LogP contribution in [0, 0.1) is 6.92 Å². The second-order valence-corrected chi connectivity index (χ2v) is 15.7. The lowest BCUT2D eigenvalue weighted by Gasteiger charge is -2.33. The number of ether oxygens (including phenoxy) is 1. The highest BCUT2D eigenvalue weighted by Crippen LogP contribution is 2.42. The topological polar surface area (TPSA) is 58.3 Å². The van der Waals surface area contributed by atoms with Gasteiger partial charge in [-0.15, -0.1) is 11.6 Å². The molecule has 0 aliphatic rings. The maximum absolute atomic E-state index is 13.3. The van der Waals surface area contributed by atoms with Gasteiger partial charge in [0.1, 0.15) is 5.69 Å². The van der Waals surface area contributed by atoms with Gasteiger partial charge in [0, 0.05) is 37.2 Å². The van der Waals surface area contributed by atoms with Crippen LogP contribution >= 0.6 is 23.2 Å². The first-order valence-electron chi connectivity index (χ1n) is 15.5. The van der Waals surface area contributed by atoms with Crippen LogP contribution in [0.1, 0.15) is 53.6 Å². The Morgan fingerprint density at radius 3 is 2.16 bits per heavy atom.